The number of hydrogen-bond donors (Lipinski definition) is 1. The van der Waals surface area contributed by atoms with E-state index in [2.05, 4.69) is 11.8 Å². The Kier molecular flexibility index (Phi) is 2.05. The molecule has 0 aromatic carbocycles. The second kappa shape index (κ2) is 2.82. The molecule has 1 rings (SSSR count). The molecule has 2 N–H and O–H groups in total. The third kappa shape index (κ3) is 1.68. The van der Waals surface area contributed by atoms with Gasteiger partial charge in [0.15, 0.2) is 0 Å². The summed E-state index contributed by atoms with van der Waals surface area (Å²) >= 11 is 0. The van der Waals surface area contributed by atoms with Crippen molar-refractivity contribution in [1.29, 1.82) is 0 Å². The molecule has 52 valence electrons. The first-order valence-electron chi connectivity index (χ1n) is 3.30. The van der Waals surface area contributed by atoms with Gasteiger partial charge in [-0.25, -0.2) is 0 Å². The van der Waals surface area contributed by atoms with E-state index in [1.54, 1.807) is 0 Å². The van der Waals surface area contributed by atoms with E-state index >= 15 is 0 Å². The van der Waals surface area contributed by atoms with Gasteiger partial charge in [-0.1, -0.05) is 0 Å². The largest absolute Gasteiger partial charge is 0.328 e. The molecule has 0 saturated carbocycles. The van der Waals surface area contributed by atoms with Crippen molar-refractivity contribution in [1.82, 2.24) is 5.01 Å². The molecule has 0 spiro atoms. The molecule has 1 saturated heterocycles. The van der Waals surface area contributed by atoms with Gasteiger partial charge in [0.1, 0.15) is 0 Å². The SMILES string of the molecule is C=NN1CCC(N)CC1. The summed E-state index contributed by atoms with van der Waals surface area (Å²) in [4.78, 5) is 0. The fourth-order valence-electron chi connectivity index (χ4n) is 1.03. The minimum Gasteiger partial charge on any atom is -0.328 e. The van der Waals surface area contributed by atoms with Crippen LogP contribution >= 0.6 is 0 Å². The van der Waals surface area contributed by atoms with Crippen LogP contribution < -0.4 is 5.73 Å². The molecule has 0 aliphatic carbocycles. The van der Waals surface area contributed by atoms with Crippen LogP contribution in [0.25, 0.3) is 0 Å². The van der Waals surface area contributed by atoms with Gasteiger partial charge in [0.05, 0.1) is 0 Å². The lowest BCUT2D eigenvalue weighted by Crippen LogP contribution is -2.36. The van der Waals surface area contributed by atoms with Crippen molar-refractivity contribution in [3.8, 4) is 0 Å². The second-order valence-electron chi connectivity index (χ2n) is 2.43. The average Bonchev–Trinajstić information content (AvgIpc) is 1.90. The first-order chi connectivity index (χ1) is 4.33. The predicted octanol–water partition coefficient (Wildman–Crippen LogP) is 0.0251. The Morgan fingerprint density at radius 3 is 2.44 bits per heavy atom. The lowest BCUT2D eigenvalue weighted by Gasteiger charge is -2.26. The maximum absolute atomic E-state index is 5.66. The molecule has 0 aromatic heterocycles. The molecule has 0 radical (unpaired) electrons. The van der Waals surface area contributed by atoms with Gasteiger partial charge in [-0.2, -0.15) is 5.10 Å². The minimum atomic E-state index is 0.392. The zero-order chi connectivity index (χ0) is 6.69. The van der Waals surface area contributed by atoms with Crippen molar-refractivity contribution in [2.75, 3.05) is 13.1 Å². The fraction of sp³-hybridized carbons (Fsp3) is 0.833. The van der Waals surface area contributed by atoms with Crippen LogP contribution in [0.15, 0.2) is 5.10 Å². The van der Waals surface area contributed by atoms with Crippen molar-refractivity contribution >= 4 is 6.72 Å². The molecule has 0 aromatic rings. The third-order valence-corrected chi connectivity index (χ3v) is 1.72. The van der Waals surface area contributed by atoms with Gasteiger partial charge < -0.3 is 5.73 Å². The number of nitrogens with two attached hydrogens (primary N) is 1. The van der Waals surface area contributed by atoms with Crippen molar-refractivity contribution in [2.24, 2.45) is 10.8 Å². The first kappa shape index (κ1) is 6.55. The monoisotopic (exact) mass is 127 g/mol. The summed E-state index contributed by atoms with van der Waals surface area (Å²) in [6, 6.07) is 0.392. The highest BCUT2D eigenvalue weighted by Crippen LogP contribution is 2.06. The predicted molar refractivity (Wildman–Crippen MR) is 38.3 cm³/mol. The van der Waals surface area contributed by atoms with Crippen molar-refractivity contribution < 1.29 is 0 Å². The van der Waals surface area contributed by atoms with Crippen LogP contribution in [0, 0.1) is 0 Å². The Morgan fingerprint density at radius 2 is 2.00 bits per heavy atom. The Balaban J connectivity index is 2.26. The van der Waals surface area contributed by atoms with Crippen molar-refractivity contribution in [3.05, 3.63) is 0 Å². The topological polar surface area (TPSA) is 41.6 Å². The van der Waals surface area contributed by atoms with E-state index in [4.69, 9.17) is 5.73 Å². The molecule has 1 heterocycles. The maximum Gasteiger partial charge on any atom is 0.0374 e. The Morgan fingerprint density at radius 1 is 1.44 bits per heavy atom. The molecular formula is C6H13N3. The van der Waals surface area contributed by atoms with Gasteiger partial charge in [-0.05, 0) is 12.8 Å². The number of nitrogens with zero attached hydrogens (tertiary/aromatic N) is 2. The third-order valence-electron chi connectivity index (χ3n) is 1.72. The van der Waals surface area contributed by atoms with Gasteiger partial charge in [-0.15, -0.1) is 0 Å². The van der Waals surface area contributed by atoms with Crippen LogP contribution in [0.4, 0.5) is 0 Å². The Labute approximate surface area is 55.5 Å². The normalized spacial score (nSPS) is 22.1. The summed E-state index contributed by atoms with van der Waals surface area (Å²) in [5.74, 6) is 0. The van der Waals surface area contributed by atoms with Crippen molar-refractivity contribution in [3.63, 3.8) is 0 Å². The first-order valence-corrected chi connectivity index (χ1v) is 3.30. The highest BCUT2D eigenvalue weighted by Gasteiger charge is 2.12. The van der Waals surface area contributed by atoms with Crippen LogP contribution in [0.1, 0.15) is 12.8 Å². The van der Waals surface area contributed by atoms with Gasteiger partial charge in [0, 0.05) is 25.8 Å². The summed E-state index contributed by atoms with van der Waals surface area (Å²) in [7, 11) is 0. The molecule has 0 unspecified atom stereocenters. The zero-order valence-electron chi connectivity index (χ0n) is 5.58. The van der Waals surface area contributed by atoms with E-state index in [-0.39, 0.29) is 0 Å². The van der Waals surface area contributed by atoms with Gasteiger partial charge >= 0.3 is 0 Å². The highest BCUT2D eigenvalue weighted by molar-refractivity contribution is 5.22. The molecular weight excluding hydrogens is 114 g/mol. The van der Waals surface area contributed by atoms with E-state index in [0.29, 0.717) is 6.04 Å². The van der Waals surface area contributed by atoms with Crippen LogP contribution in [-0.4, -0.2) is 30.9 Å². The standard InChI is InChI=1S/C6H13N3/c1-8-9-4-2-6(7)3-5-9/h6H,1-5,7H2. The molecule has 3 nitrogen and oxygen atoms in total. The lowest BCUT2D eigenvalue weighted by molar-refractivity contribution is 0.224. The lowest BCUT2D eigenvalue weighted by atomic mass is 10.1. The summed E-state index contributed by atoms with van der Waals surface area (Å²) < 4.78 is 0. The van der Waals surface area contributed by atoms with E-state index in [9.17, 15) is 0 Å². The zero-order valence-corrected chi connectivity index (χ0v) is 5.58. The molecule has 9 heavy (non-hydrogen) atoms. The molecule has 0 bridgehead atoms. The maximum atomic E-state index is 5.66. The molecule has 1 fully saturated rings. The Bertz CT molecular complexity index is 94.5. The summed E-state index contributed by atoms with van der Waals surface area (Å²) in [6.45, 7) is 5.40. The van der Waals surface area contributed by atoms with E-state index in [0.717, 1.165) is 25.9 Å². The molecule has 1 aliphatic heterocycles. The smallest absolute Gasteiger partial charge is 0.0374 e. The number of hydrazone groups is 1. The summed E-state index contributed by atoms with van der Waals surface area (Å²) in [6.07, 6.45) is 2.11. The molecule has 0 amide bonds. The second-order valence-corrected chi connectivity index (χ2v) is 2.43. The molecule has 1 aliphatic rings. The van der Waals surface area contributed by atoms with Crippen LogP contribution in [-0.2, 0) is 0 Å². The molecule has 3 heteroatoms. The van der Waals surface area contributed by atoms with E-state index in [1.165, 1.54) is 0 Å². The van der Waals surface area contributed by atoms with Crippen LogP contribution in [0.3, 0.4) is 0 Å². The number of piperidine rings is 1. The van der Waals surface area contributed by atoms with E-state index in [1.807, 2.05) is 5.01 Å². The number of rotatable bonds is 1. The van der Waals surface area contributed by atoms with Crippen molar-refractivity contribution in [2.45, 2.75) is 18.9 Å². The highest BCUT2D eigenvalue weighted by atomic mass is 15.4. The quantitative estimate of drug-likeness (QED) is 0.505. The average molecular weight is 127 g/mol. The summed E-state index contributed by atoms with van der Waals surface area (Å²) in [5, 5.41) is 5.77. The minimum absolute atomic E-state index is 0.392. The Hall–Kier alpha value is -0.570. The van der Waals surface area contributed by atoms with Gasteiger partial charge in [-0.3, -0.25) is 5.01 Å². The van der Waals surface area contributed by atoms with E-state index < -0.39 is 0 Å². The van der Waals surface area contributed by atoms with Crippen LogP contribution in [0.2, 0.25) is 0 Å². The van der Waals surface area contributed by atoms with Gasteiger partial charge in [0.25, 0.3) is 0 Å². The summed E-state index contributed by atoms with van der Waals surface area (Å²) in [5.41, 5.74) is 5.66. The molecule has 0 atom stereocenters. The fourth-order valence-corrected chi connectivity index (χ4v) is 1.03. The number of hydrogen-bond acceptors (Lipinski definition) is 3. The van der Waals surface area contributed by atoms with Gasteiger partial charge in [0.2, 0.25) is 0 Å². The van der Waals surface area contributed by atoms with Crippen LogP contribution in [0.5, 0.6) is 0 Å².